The van der Waals surface area contributed by atoms with Crippen molar-refractivity contribution in [1.29, 1.82) is 0 Å². The number of para-hydroxylation sites is 1. The normalized spacial score (nSPS) is 11.8. The minimum atomic E-state index is -1.23. The van der Waals surface area contributed by atoms with Crippen molar-refractivity contribution in [1.82, 2.24) is 10.3 Å². The summed E-state index contributed by atoms with van der Waals surface area (Å²) in [6.45, 7) is -0.00523. The number of Topliss-reactive ketones (excluding diaryl/α,β-unsaturated/α-hetero) is 1. The zero-order valence-corrected chi connectivity index (χ0v) is 17.0. The van der Waals surface area contributed by atoms with Crippen LogP contribution in [0.5, 0.6) is 0 Å². The van der Waals surface area contributed by atoms with Crippen molar-refractivity contribution < 1.29 is 23.1 Å². The monoisotopic (exact) mass is 434 g/mol. The number of amides is 1. The van der Waals surface area contributed by atoms with Crippen LogP contribution in [-0.4, -0.2) is 22.9 Å². The molecule has 0 unspecified atom stereocenters. The van der Waals surface area contributed by atoms with Crippen molar-refractivity contribution in [3.05, 3.63) is 107 Å². The van der Waals surface area contributed by atoms with E-state index in [2.05, 4.69) is 10.3 Å². The zero-order valence-electron chi connectivity index (χ0n) is 17.0. The number of aromatic amines is 1. The van der Waals surface area contributed by atoms with Gasteiger partial charge in [0.25, 0.3) is 0 Å². The molecule has 0 aliphatic rings. The molecule has 4 rings (SSSR count). The van der Waals surface area contributed by atoms with Crippen molar-refractivity contribution in [2.75, 3.05) is 0 Å². The van der Waals surface area contributed by atoms with Gasteiger partial charge in [0.15, 0.2) is 5.78 Å². The first-order chi connectivity index (χ1) is 15.5. The van der Waals surface area contributed by atoms with Crippen molar-refractivity contribution in [2.45, 2.75) is 19.1 Å². The highest BCUT2D eigenvalue weighted by Crippen LogP contribution is 2.22. The molecule has 1 heterocycles. The van der Waals surface area contributed by atoms with Crippen LogP contribution in [0.25, 0.3) is 10.9 Å². The molecule has 1 aromatic heterocycles. The highest BCUT2D eigenvalue weighted by molar-refractivity contribution is 6.02. The fourth-order valence-electron chi connectivity index (χ4n) is 3.54. The van der Waals surface area contributed by atoms with Crippen molar-refractivity contribution in [2.24, 2.45) is 0 Å². The summed E-state index contributed by atoms with van der Waals surface area (Å²) in [6, 6.07) is 18.4. The van der Waals surface area contributed by atoms with Gasteiger partial charge in [-0.3, -0.25) is 4.79 Å². The Labute approximate surface area is 183 Å². The standard InChI is InChI=1S/C25H20F2N2O3/c26-19-10-6-11-20(27)23(19)24(30)22(13-17-14-28-21-12-5-4-9-18(17)21)29-25(31)32-15-16-7-2-1-3-8-16/h1-12,14,22,28H,13,15H2,(H,29,31)/t22-/m0/s1. The van der Waals surface area contributed by atoms with Crippen LogP contribution < -0.4 is 5.32 Å². The Balaban J connectivity index is 1.58. The third-order valence-electron chi connectivity index (χ3n) is 5.13. The van der Waals surface area contributed by atoms with Gasteiger partial charge in [0.05, 0.1) is 11.6 Å². The summed E-state index contributed by atoms with van der Waals surface area (Å²) in [5.41, 5.74) is 1.64. The van der Waals surface area contributed by atoms with Crippen molar-refractivity contribution in [3.63, 3.8) is 0 Å². The average molecular weight is 434 g/mol. The van der Waals surface area contributed by atoms with E-state index < -0.39 is 35.1 Å². The Hall–Kier alpha value is -4.00. The molecule has 32 heavy (non-hydrogen) atoms. The van der Waals surface area contributed by atoms with Gasteiger partial charge in [-0.1, -0.05) is 54.6 Å². The fraction of sp³-hybridized carbons (Fsp3) is 0.120. The van der Waals surface area contributed by atoms with Gasteiger partial charge in [-0.25, -0.2) is 13.6 Å². The number of H-pyrrole nitrogens is 1. The molecule has 1 amide bonds. The molecule has 2 N–H and O–H groups in total. The predicted molar refractivity (Wildman–Crippen MR) is 116 cm³/mol. The number of alkyl carbamates (subject to hydrolysis) is 1. The molecule has 5 nitrogen and oxygen atoms in total. The van der Waals surface area contributed by atoms with Crippen LogP contribution in [-0.2, 0) is 17.8 Å². The minimum absolute atomic E-state index is 0.00523. The average Bonchev–Trinajstić information content (AvgIpc) is 3.20. The number of hydrogen-bond donors (Lipinski definition) is 2. The van der Waals surface area contributed by atoms with Crippen LogP contribution in [0.15, 0.2) is 79.0 Å². The van der Waals surface area contributed by atoms with Gasteiger partial charge in [-0.2, -0.15) is 0 Å². The number of hydrogen-bond acceptors (Lipinski definition) is 3. The smallest absolute Gasteiger partial charge is 0.408 e. The van der Waals surface area contributed by atoms with E-state index in [0.717, 1.165) is 34.2 Å². The SMILES string of the molecule is O=C(N[C@@H](Cc1c[nH]c2ccccc12)C(=O)c1c(F)cccc1F)OCc1ccccc1. The van der Waals surface area contributed by atoms with Gasteiger partial charge in [0.2, 0.25) is 0 Å². The lowest BCUT2D eigenvalue weighted by Crippen LogP contribution is -2.43. The van der Waals surface area contributed by atoms with Gasteiger partial charge < -0.3 is 15.0 Å². The first-order valence-corrected chi connectivity index (χ1v) is 10.0. The number of halogens is 2. The van der Waals surface area contributed by atoms with Crippen LogP contribution in [0.4, 0.5) is 13.6 Å². The third-order valence-corrected chi connectivity index (χ3v) is 5.13. The summed E-state index contributed by atoms with van der Waals surface area (Å²) in [7, 11) is 0. The number of ether oxygens (including phenoxy) is 1. The number of rotatable bonds is 7. The Bertz CT molecular complexity index is 1230. The molecule has 0 saturated heterocycles. The second kappa shape index (κ2) is 9.43. The van der Waals surface area contributed by atoms with Gasteiger partial charge in [0, 0.05) is 23.5 Å². The zero-order chi connectivity index (χ0) is 22.5. The first kappa shape index (κ1) is 21.2. The molecule has 0 aliphatic heterocycles. The van der Waals surface area contributed by atoms with Gasteiger partial charge in [-0.05, 0) is 29.3 Å². The first-order valence-electron chi connectivity index (χ1n) is 10.0. The summed E-state index contributed by atoms with van der Waals surface area (Å²) in [5.74, 6) is -2.85. The summed E-state index contributed by atoms with van der Waals surface area (Å²) in [4.78, 5) is 28.6. The largest absolute Gasteiger partial charge is 0.445 e. The van der Waals surface area contributed by atoms with Crippen LogP contribution in [0.2, 0.25) is 0 Å². The van der Waals surface area contributed by atoms with E-state index in [1.165, 1.54) is 6.07 Å². The van der Waals surface area contributed by atoms with E-state index in [1.807, 2.05) is 30.3 Å². The van der Waals surface area contributed by atoms with Crippen molar-refractivity contribution in [3.8, 4) is 0 Å². The maximum absolute atomic E-state index is 14.3. The number of carbonyl (C=O) groups is 2. The molecule has 0 bridgehead atoms. The summed E-state index contributed by atoms with van der Waals surface area (Å²) >= 11 is 0. The van der Waals surface area contributed by atoms with E-state index >= 15 is 0 Å². The molecule has 0 fully saturated rings. The number of ketones is 1. The lowest BCUT2D eigenvalue weighted by atomic mass is 9.96. The lowest BCUT2D eigenvalue weighted by molar-refractivity contribution is 0.0908. The van der Waals surface area contributed by atoms with E-state index in [0.29, 0.717) is 0 Å². The third kappa shape index (κ3) is 4.67. The predicted octanol–water partition coefficient (Wildman–Crippen LogP) is 5.17. The number of aromatic nitrogens is 1. The second-order valence-corrected chi connectivity index (χ2v) is 7.28. The number of fused-ring (bicyclic) bond motifs is 1. The number of carbonyl (C=O) groups excluding carboxylic acids is 2. The van der Waals surface area contributed by atoms with Crippen LogP contribution >= 0.6 is 0 Å². The number of benzene rings is 3. The Morgan fingerprint density at radius 1 is 0.906 bits per heavy atom. The minimum Gasteiger partial charge on any atom is -0.445 e. The Morgan fingerprint density at radius 2 is 1.59 bits per heavy atom. The molecule has 0 spiro atoms. The highest BCUT2D eigenvalue weighted by Gasteiger charge is 2.28. The molecular weight excluding hydrogens is 414 g/mol. The maximum Gasteiger partial charge on any atom is 0.408 e. The van der Waals surface area contributed by atoms with E-state index in [1.54, 1.807) is 30.5 Å². The lowest BCUT2D eigenvalue weighted by Gasteiger charge is -2.18. The number of nitrogens with one attached hydrogen (secondary N) is 2. The molecule has 0 aliphatic carbocycles. The molecule has 4 aromatic rings. The van der Waals surface area contributed by atoms with Crippen LogP contribution in [0, 0.1) is 11.6 Å². The van der Waals surface area contributed by atoms with Crippen molar-refractivity contribution >= 4 is 22.8 Å². The Morgan fingerprint density at radius 3 is 2.34 bits per heavy atom. The summed E-state index contributed by atoms with van der Waals surface area (Å²) in [5, 5.41) is 3.33. The fourth-order valence-corrected chi connectivity index (χ4v) is 3.54. The van der Waals surface area contributed by atoms with Gasteiger partial charge in [0.1, 0.15) is 18.2 Å². The molecule has 3 aromatic carbocycles. The van der Waals surface area contributed by atoms with E-state index in [9.17, 15) is 18.4 Å². The summed E-state index contributed by atoms with van der Waals surface area (Å²) in [6.07, 6.45) is 0.875. The molecule has 7 heteroatoms. The van der Waals surface area contributed by atoms with E-state index in [-0.39, 0.29) is 13.0 Å². The quantitative estimate of drug-likeness (QED) is 0.395. The summed E-state index contributed by atoms with van der Waals surface area (Å²) < 4.78 is 33.8. The molecular formula is C25H20F2N2O3. The maximum atomic E-state index is 14.3. The topological polar surface area (TPSA) is 71.2 Å². The second-order valence-electron chi connectivity index (χ2n) is 7.28. The van der Waals surface area contributed by atoms with Crippen LogP contribution in [0.1, 0.15) is 21.5 Å². The molecule has 0 radical (unpaired) electrons. The molecule has 1 atom stereocenters. The molecule has 0 saturated carbocycles. The van der Waals surface area contributed by atoms with Crippen LogP contribution in [0.3, 0.4) is 0 Å². The van der Waals surface area contributed by atoms with Gasteiger partial charge >= 0.3 is 6.09 Å². The molecule has 162 valence electrons. The van der Waals surface area contributed by atoms with Gasteiger partial charge in [-0.15, -0.1) is 0 Å². The van der Waals surface area contributed by atoms with E-state index in [4.69, 9.17) is 4.74 Å². The highest BCUT2D eigenvalue weighted by atomic mass is 19.1. The Kier molecular flexibility index (Phi) is 6.26.